The molecule has 0 fully saturated rings. The van der Waals surface area contributed by atoms with Crippen LogP contribution in [0.1, 0.15) is 18.2 Å². The number of hydrogen-bond donors (Lipinski definition) is 2. The van der Waals surface area contributed by atoms with Gasteiger partial charge in [-0.25, -0.2) is 0 Å². The second kappa shape index (κ2) is 7.52. The third-order valence-electron chi connectivity index (χ3n) is 4.49. The van der Waals surface area contributed by atoms with Crippen LogP contribution in [0.2, 0.25) is 0 Å². The number of hydrogen-bond acceptors (Lipinski definition) is 3. The van der Waals surface area contributed by atoms with Crippen LogP contribution in [0.4, 0.5) is 5.69 Å². The van der Waals surface area contributed by atoms with E-state index < -0.39 is 0 Å². The van der Waals surface area contributed by atoms with Crippen LogP contribution in [0.15, 0.2) is 42.5 Å². The van der Waals surface area contributed by atoms with Crippen LogP contribution < -0.4 is 14.8 Å². The minimum absolute atomic E-state index is 0.00821. The van der Waals surface area contributed by atoms with Gasteiger partial charge in [0.15, 0.2) is 11.5 Å². The number of carbonyl (C=O) groups excluding carboxylic acids is 1. The van der Waals surface area contributed by atoms with E-state index in [1.807, 2.05) is 56.3 Å². The van der Waals surface area contributed by atoms with Gasteiger partial charge in [-0.1, -0.05) is 19.1 Å². The van der Waals surface area contributed by atoms with Gasteiger partial charge in [0.2, 0.25) is 5.91 Å². The number of carbonyl (C=O) groups is 1. The summed E-state index contributed by atoms with van der Waals surface area (Å²) in [5.74, 6) is 1.17. The molecule has 136 valence electrons. The Labute approximate surface area is 153 Å². The van der Waals surface area contributed by atoms with Gasteiger partial charge in [-0.3, -0.25) is 4.79 Å². The number of nitrogens with one attached hydrogen (secondary N) is 2. The van der Waals surface area contributed by atoms with Gasteiger partial charge in [0.1, 0.15) is 0 Å². The molecule has 26 heavy (non-hydrogen) atoms. The summed E-state index contributed by atoms with van der Waals surface area (Å²) in [4.78, 5) is 16.0. The molecule has 3 aromatic rings. The maximum absolute atomic E-state index is 12.7. The molecule has 1 amide bonds. The third-order valence-corrected chi connectivity index (χ3v) is 4.49. The van der Waals surface area contributed by atoms with Crippen LogP contribution >= 0.6 is 0 Å². The van der Waals surface area contributed by atoms with E-state index in [4.69, 9.17) is 9.47 Å². The maximum atomic E-state index is 12.7. The van der Waals surface area contributed by atoms with E-state index in [9.17, 15) is 4.79 Å². The van der Waals surface area contributed by atoms with E-state index in [0.29, 0.717) is 17.9 Å². The molecule has 5 nitrogen and oxygen atoms in total. The zero-order valence-corrected chi connectivity index (χ0v) is 15.6. The lowest BCUT2D eigenvalue weighted by atomic mass is 9.99. The molecule has 0 aliphatic carbocycles. The first-order chi connectivity index (χ1) is 12.5. The number of benzene rings is 2. The fourth-order valence-electron chi connectivity index (χ4n) is 3.11. The van der Waals surface area contributed by atoms with Crippen molar-refractivity contribution in [1.29, 1.82) is 0 Å². The molecular weight excluding hydrogens is 328 g/mol. The fourth-order valence-corrected chi connectivity index (χ4v) is 3.11. The summed E-state index contributed by atoms with van der Waals surface area (Å²) in [6, 6.07) is 13.7. The summed E-state index contributed by atoms with van der Waals surface area (Å²) in [7, 11) is 3.22. The molecule has 1 heterocycles. The lowest BCUT2D eigenvalue weighted by Gasteiger charge is -2.14. The maximum Gasteiger partial charge on any atom is 0.227 e. The van der Waals surface area contributed by atoms with Gasteiger partial charge in [-0.05, 0) is 49.2 Å². The number of rotatable bonds is 6. The van der Waals surface area contributed by atoms with E-state index in [2.05, 4.69) is 10.3 Å². The van der Waals surface area contributed by atoms with Crippen molar-refractivity contribution >= 4 is 22.5 Å². The van der Waals surface area contributed by atoms with Crippen LogP contribution in [0.5, 0.6) is 11.5 Å². The molecule has 0 saturated carbocycles. The quantitative estimate of drug-likeness (QED) is 0.695. The van der Waals surface area contributed by atoms with E-state index in [-0.39, 0.29) is 11.8 Å². The normalized spacial score (nSPS) is 12.0. The number of H-pyrrole nitrogens is 1. The first-order valence-electron chi connectivity index (χ1n) is 8.62. The summed E-state index contributed by atoms with van der Waals surface area (Å²) in [6.45, 7) is 3.93. The van der Waals surface area contributed by atoms with Crippen LogP contribution in [0.25, 0.3) is 10.9 Å². The molecule has 0 aliphatic heterocycles. The lowest BCUT2D eigenvalue weighted by Crippen LogP contribution is -2.22. The van der Waals surface area contributed by atoms with Crippen molar-refractivity contribution in [3.05, 3.63) is 53.7 Å². The molecule has 1 aromatic heterocycles. The van der Waals surface area contributed by atoms with Crippen LogP contribution in [-0.2, 0) is 11.2 Å². The number of aromatic amines is 1. The van der Waals surface area contributed by atoms with Crippen molar-refractivity contribution in [2.45, 2.75) is 20.3 Å². The minimum atomic E-state index is -0.177. The smallest absolute Gasteiger partial charge is 0.227 e. The van der Waals surface area contributed by atoms with E-state index in [0.717, 1.165) is 27.8 Å². The predicted molar refractivity (Wildman–Crippen MR) is 104 cm³/mol. The van der Waals surface area contributed by atoms with E-state index >= 15 is 0 Å². The molecule has 2 aromatic carbocycles. The molecule has 0 saturated heterocycles. The highest BCUT2D eigenvalue weighted by molar-refractivity contribution is 6.02. The van der Waals surface area contributed by atoms with Crippen molar-refractivity contribution in [3.8, 4) is 11.5 Å². The highest BCUT2D eigenvalue weighted by Crippen LogP contribution is 2.29. The van der Waals surface area contributed by atoms with Gasteiger partial charge in [-0.2, -0.15) is 0 Å². The molecule has 1 atom stereocenters. The third kappa shape index (κ3) is 3.67. The Morgan fingerprint density at radius 1 is 1.12 bits per heavy atom. The molecule has 3 rings (SSSR count). The first-order valence-corrected chi connectivity index (χ1v) is 8.62. The molecule has 5 heteroatoms. The first kappa shape index (κ1) is 17.9. The summed E-state index contributed by atoms with van der Waals surface area (Å²) >= 11 is 0. The number of amides is 1. The van der Waals surface area contributed by atoms with Gasteiger partial charge in [0.25, 0.3) is 0 Å². The van der Waals surface area contributed by atoms with Crippen molar-refractivity contribution in [3.63, 3.8) is 0 Å². The SMILES string of the molecule is COc1ccc(CC(C)C(=O)Nc2cccc3[nH]c(C)cc23)cc1OC. The average Bonchev–Trinajstić information content (AvgIpc) is 3.02. The Morgan fingerprint density at radius 3 is 2.62 bits per heavy atom. The van der Waals surface area contributed by atoms with Crippen LogP contribution in [0.3, 0.4) is 0 Å². The van der Waals surface area contributed by atoms with Crippen molar-refractivity contribution in [2.75, 3.05) is 19.5 Å². The molecular formula is C21H24N2O3. The zero-order valence-electron chi connectivity index (χ0n) is 15.6. The predicted octanol–water partition coefficient (Wildman–Crippen LogP) is 4.31. The van der Waals surface area contributed by atoms with E-state index in [1.54, 1.807) is 14.2 Å². The van der Waals surface area contributed by atoms with Crippen LogP contribution in [-0.4, -0.2) is 25.1 Å². The minimum Gasteiger partial charge on any atom is -0.493 e. The number of anilines is 1. The largest absolute Gasteiger partial charge is 0.493 e. The second-order valence-electron chi connectivity index (χ2n) is 6.50. The summed E-state index contributed by atoms with van der Waals surface area (Å²) < 4.78 is 10.6. The van der Waals surface area contributed by atoms with Gasteiger partial charge in [0, 0.05) is 22.5 Å². The standard InChI is InChI=1S/C21H24N2O3/c1-13(10-15-8-9-19(25-3)20(12-15)26-4)21(24)23-18-7-5-6-17-16(18)11-14(2)22-17/h5-9,11-13,22H,10H2,1-4H3,(H,23,24). The van der Waals surface area contributed by atoms with Crippen molar-refractivity contribution in [1.82, 2.24) is 4.98 Å². The Bertz CT molecular complexity index is 930. The van der Waals surface area contributed by atoms with Gasteiger partial charge in [0.05, 0.1) is 19.9 Å². The second-order valence-corrected chi connectivity index (χ2v) is 6.50. The molecule has 0 radical (unpaired) electrons. The highest BCUT2D eigenvalue weighted by atomic mass is 16.5. The number of aryl methyl sites for hydroxylation is 1. The van der Waals surface area contributed by atoms with E-state index in [1.165, 1.54) is 0 Å². The average molecular weight is 352 g/mol. The highest BCUT2D eigenvalue weighted by Gasteiger charge is 2.16. The number of aromatic nitrogens is 1. The molecule has 0 spiro atoms. The number of fused-ring (bicyclic) bond motifs is 1. The topological polar surface area (TPSA) is 63.3 Å². The molecule has 0 aliphatic rings. The van der Waals surface area contributed by atoms with Crippen molar-refractivity contribution in [2.24, 2.45) is 5.92 Å². The fraction of sp³-hybridized carbons (Fsp3) is 0.286. The lowest BCUT2D eigenvalue weighted by molar-refractivity contribution is -0.119. The van der Waals surface area contributed by atoms with Gasteiger partial charge in [-0.15, -0.1) is 0 Å². The molecule has 0 bridgehead atoms. The number of ether oxygens (including phenoxy) is 2. The monoisotopic (exact) mass is 352 g/mol. The van der Waals surface area contributed by atoms with Crippen molar-refractivity contribution < 1.29 is 14.3 Å². The Morgan fingerprint density at radius 2 is 1.88 bits per heavy atom. The number of methoxy groups -OCH3 is 2. The summed E-state index contributed by atoms with van der Waals surface area (Å²) in [5.41, 5.74) is 3.95. The zero-order chi connectivity index (χ0) is 18.7. The summed E-state index contributed by atoms with van der Waals surface area (Å²) in [5, 5.41) is 4.08. The Balaban J connectivity index is 1.73. The Kier molecular flexibility index (Phi) is 5.16. The van der Waals surface area contributed by atoms with Crippen LogP contribution in [0, 0.1) is 12.8 Å². The van der Waals surface area contributed by atoms with Gasteiger partial charge < -0.3 is 19.8 Å². The molecule has 2 N–H and O–H groups in total. The Hall–Kier alpha value is -2.95. The summed E-state index contributed by atoms with van der Waals surface area (Å²) in [6.07, 6.45) is 0.619. The molecule has 1 unspecified atom stereocenters. The van der Waals surface area contributed by atoms with Gasteiger partial charge >= 0.3 is 0 Å².